The van der Waals surface area contributed by atoms with Gasteiger partial charge in [0, 0.05) is 64.5 Å². The van der Waals surface area contributed by atoms with Gasteiger partial charge in [0.1, 0.15) is 17.4 Å². The molecule has 8 nitrogen and oxygen atoms in total. The second-order valence-corrected chi connectivity index (χ2v) is 16.0. The Balaban J connectivity index is 0.000000173. The number of halogens is 3. The second kappa shape index (κ2) is 18.1. The van der Waals surface area contributed by atoms with E-state index in [0.29, 0.717) is 44.4 Å². The summed E-state index contributed by atoms with van der Waals surface area (Å²) < 4.78 is 32.9. The van der Waals surface area contributed by atoms with Crippen molar-refractivity contribution in [2.75, 3.05) is 36.0 Å². The van der Waals surface area contributed by atoms with Crippen LogP contribution in [-0.2, 0) is 0 Å². The van der Waals surface area contributed by atoms with Crippen LogP contribution in [0.2, 0.25) is 5.02 Å². The van der Waals surface area contributed by atoms with Gasteiger partial charge in [-0.2, -0.15) is 0 Å². The maximum absolute atomic E-state index is 13.8. The van der Waals surface area contributed by atoms with Gasteiger partial charge in [-0.05, 0) is 148 Å². The molecule has 0 unspecified atom stereocenters. The van der Waals surface area contributed by atoms with Gasteiger partial charge in [-0.15, -0.1) is 0 Å². The van der Waals surface area contributed by atoms with Gasteiger partial charge < -0.3 is 19.6 Å². The van der Waals surface area contributed by atoms with Crippen LogP contribution in [0.25, 0.3) is 44.1 Å². The number of nitrogens with zero attached hydrogens (tertiary/aromatic N) is 4. The van der Waals surface area contributed by atoms with Crippen LogP contribution in [0.15, 0.2) is 109 Å². The third-order valence-electron chi connectivity index (χ3n) is 11.4. The number of anilines is 2. The minimum absolute atomic E-state index is 0.171. The summed E-state index contributed by atoms with van der Waals surface area (Å²) >= 11 is 5.97. The van der Waals surface area contributed by atoms with Crippen molar-refractivity contribution in [3.63, 3.8) is 0 Å². The van der Waals surface area contributed by atoms with E-state index >= 15 is 0 Å². The molecular formula is C50H45ClF2N4O4. The zero-order valence-corrected chi connectivity index (χ0v) is 34.8. The number of carboxylic acid groups (broad SMARTS) is 1. The van der Waals surface area contributed by atoms with Gasteiger partial charge in [0.05, 0.1) is 33.5 Å². The minimum Gasteiger partial charge on any atom is -0.478 e. The number of fused-ring (bicyclic) bond motifs is 2. The first-order valence-electron chi connectivity index (χ1n) is 20.7. The number of piperidine rings is 2. The summed E-state index contributed by atoms with van der Waals surface area (Å²) in [4.78, 5) is 39.4. The van der Waals surface area contributed by atoms with Crippen LogP contribution in [0.4, 0.5) is 20.2 Å². The van der Waals surface area contributed by atoms with Gasteiger partial charge in [0.15, 0.2) is 0 Å². The number of aromatic nitrogens is 2. The summed E-state index contributed by atoms with van der Waals surface area (Å²) in [6, 6.07) is 31.0. The molecule has 2 aliphatic rings. The largest absolute Gasteiger partial charge is 0.478 e. The van der Waals surface area contributed by atoms with Crippen molar-refractivity contribution in [2.45, 2.75) is 52.4 Å². The molecule has 61 heavy (non-hydrogen) atoms. The van der Waals surface area contributed by atoms with Gasteiger partial charge in [0.2, 0.25) is 0 Å². The summed E-state index contributed by atoms with van der Waals surface area (Å²) in [5.41, 5.74) is 7.95. The molecular weight excluding hydrogens is 794 g/mol. The number of hydrogen-bond acceptors (Lipinski definition) is 7. The highest BCUT2D eigenvalue weighted by atomic mass is 35.5. The fraction of sp³-hybridized carbons (Fsp3) is 0.240. The molecule has 0 spiro atoms. The first-order chi connectivity index (χ1) is 29.5. The van der Waals surface area contributed by atoms with E-state index < -0.39 is 11.9 Å². The highest BCUT2D eigenvalue weighted by Gasteiger charge is 2.25. The average molecular weight is 839 g/mol. The third kappa shape index (κ3) is 9.05. The Labute approximate surface area is 358 Å². The number of aromatic carboxylic acids is 1. The van der Waals surface area contributed by atoms with Gasteiger partial charge in [0.25, 0.3) is 0 Å². The summed E-state index contributed by atoms with van der Waals surface area (Å²) in [7, 11) is 0. The first kappa shape index (κ1) is 41.3. The third-order valence-corrected chi connectivity index (χ3v) is 11.7. The second-order valence-electron chi connectivity index (χ2n) is 15.6. The molecule has 0 radical (unpaired) electrons. The Morgan fingerprint density at radius 3 is 1.46 bits per heavy atom. The summed E-state index contributed by atoms with van der Waals surface area (Å²) in [5, 5.41) is 12.0. The van der Waals surface area contributed by atoms with Crippen LogP contribution in [0.1, 0.15) is 70.6 Å². The van der Waals surface area contributed by atoms with Crippen molar-refractivity contribution in [1.82, 2.24) is 9.97 Å². The average Bonchev–Trinajstić information content (AvgIpc) is 3.27. The van der Waals surface area contributed by atoms with Crippen molar-refractivity contribution in [3.05, 3.63) is 148 Å². The van der Waals surface area contributed by atoms with E-state index in [2.05, 4.69) is 33.0 Å². The van der Waals surface area contributed by atoms with E-state index in [4.69, 9.17) is 21.3 Å². The number of carbonyl (C=O) groups is 2. The normalized spacial score (nSPS) is 14.1. The Hall–Kier alpha value is -6.39. The summed E-state index contributed by atoms with van der Waals surface area (Å²) in [6.45, 7) is 7.51. The Morgan fingerprint density at radius 2 is 1.02 bits per heavy atom. The van der Waals surface area contributed by atoms with Crippen molar-refractivity contribution in [1.29, 1.82) is 0 Å². The van der Waals surface area contributed by atoms with Crippen molar-refractivity contribution >= 4 is 56.7 Å². The molecule has 2 fully saturated rings. The SMILES string of the molecule is Cc1nc2ccc(N3CCCCC3)cc2c(-c2ccc(F)cc2)c1C(=O)O.Cc1nc2ccc(N3CCCCC3)cc2c(-c2ccc(F)cc2)c1C(=O)Oc1ccc(Cl)cc1. The van der Waals surface area contributed by atoms with Gasteiger partial charge in [-0.25, -0.2) is 18.4 Å². The molecule has 1 N–H and O–H groups in total. The molecule has 5 aromatic carbocycles. The van der Waals surface area contributed by atoms with Crippen LogP contribution < -0.4 is 14.5 Å². The summed E-state index contributed by atoms with van der Waals surface area (Å²) in [5.74, 6) is -1.83. The maximum atomic E-state index is 13.8. The van der Waals surface area contributed by atoms with Crippen molar-refractivity contribution in [3.8, 4) is 28.0 Å². The Bertz CT molecular complexity index is 2730. The highest BCUT2D eigenvalue weighted by Crippen LogP contribution is 2.38. The lowest BCUT2D eigenvalue weighted by Crippen LogP contribution is -2.29. The van der Waals surface area contributed by atoms with Crippen LogP contribution in [-0.4, -0.2) is 53.2 Å². The number of carbonyl (C=O) groups excluding carboxylic acids is 1. The fourth-order valence-electron chi connectivity index (χ4n) is 8.45. The first-order valence-corrected chi connectivity index (χ1v) is 21.0. The maximum Gasteiger partial charge on any atom is 0.346 e. The number of hydrogen-bond donors (Lipinski definition) is 1. The molecule has 4 heterocycles. The molecule has 0 amide bonds. The zero-order valence-electron chi connectivity index (χ0n) is 34.1. The lowest BCUT2D eigenvalue weighted by molar-refractivity contribution is 0.0694. The molecule has 7 aromatic rings. The highest BCUT2D eigenvalue weighted by molar-refractivity contribution is 6.30. The van der Waals surface area contributed by atoms with Crippen LogP contribution >= 0.6 is 11.6 Å². The van der Waals surface area contributed by atoms with E-state index in [9.17, 15) is 23.5 Å². The molecule has 0 saturated carbocycles. The lowest BCUT2D eigenvalue weighted by Gasteiger charge is -2.29. The number of esters is 1. The van der Waals surface area contributed by atoms with E-state index in [-0.39, 0.29) is 17.2 Å². The molecule has 0 atom stereocenters. The van der Waals surface area contributed by atoms with E-state index in [0.717, 1.165) is 90.6 Å². The van der Waals surface area contributed by atoms with Crippen molar-refractivity contribution < 1.29 is 28.2 Å². The predicted octanol–water partition coefficient (Wildman–Crippen LogP) is 12.3. The number of benzene rings is 5. The standard InChI is InChI=1S/C28H24ClFN2O2.C22H21FN2O2/c1-18-26(28(33)34-23-12-7-20(29)8-13-23)27(19-5-9-21(30)10-6-19)24-17-22(11-14-25(24)31-18)32-15-3-2-4-16-32;1-14-20(22(26)27)21(15-5-7-16(23)8-6-15)18-13-17(9-10-19(18)24-14)25-11-3-2-4-12-25/h5-14,17H,2-4,15-16H2,1H3;5-10,13H,2-4,11-12H2,1H3,(H,26,27). The Kier molecular flexibility index (Phi) is 12.3. The fourth-order valence-corrected chi connectivity index (χ4v) is 8.58. The summed E-state index contributed by atoms with van der Waals surface area (Å²) in [6.07, 6.45) is 7.13. The van der Waals surface area contributed by atoms with E-state index in [1.807, 2.05) is 18.2 Å². The molecule has 11 heteroatoms. The van der Waals surface area contributed by atoms with Crippen LogP contribution in [0, 0.1) is 25.5 Å². The monoisotopic (exact) mass is 838 g/mol. The number of aryl methyl sites for hydroxylation is 2. The zero-order chi connectivity index (χ0) is 42.6. The Morgan fingerprint density at radius 1 is 0.590 bits per heavy atom. The molecule has 9 rings (SSSR count). The number of pyridine rings is 2. The van der Waals surface area contributed by atoms with Crippen LogP contribution in [0.5, 0.6) is 5.75 Å². The minimum atomic E-state index is -1.02. The lowest BCUT2D eigenvalue weighted by atomic mass is 9.93. The van der Waals surface area contributed by atoms with E-state index in [1.165, 1.54) is 37.1 Å². The smallest absolute Gasteiger partial charge is 0.346 e. The topological polar surface area (TPSA) is 95.9 Å². The van der Waals surface area contributed by atoms with Gasteiger partial charge in [-0.1, -0.05) is 35.9 Å². The number of rotatable bonds is 7. The molecule has 2 saturated heterocycles. The number of carboxylic acids is 1. The quantitative estimate of drug-likeness (QED) is 0.125. The van der Waals surface area contributed by atoms with Gasteiger partial charge >= 0.3 is 11.9 Å². The molecule has 0 bridgehead atoms. The molecule has 2 aromatic heterocycles. The predicted molar refractivity (Wildman–Crippen MR) is 239 cm³/mol. The molecule has 310 valence electrons. The van der Waals surface area contributed by atoms with Gasteiger partial charge in [-0.3, -0.25) is 9.97 Å². The number of ether oxygens (including phenoxy) is 1. The van der Waals surface area contributed by atoms with Crippen molar-refractivity contribution in [2.24, 2.45) is 0 Å². The van der Waals surface area contributed by atoms with Crippen LogP contribution in [0.3, 0.4) is 0 Å². The molecule has 0 aliphatic carbocycles. The molecule has 2 aliphatic heterocycles. The van der Waals surface area contributed by atoms with E-state index in [1.54, 1.807) is 62.4 Å².